The minimum absolute atomic E-state index is 0.0171. The number of benzene rings is 1. The standard InChI is InChI=1S/C23H34N4O3/c1-3-25(4-2)22(29)18-24-13-7-14-26(17-16-24)23(30)19-9-11-20(12-10-19)27-15-6-5-8-21(27)28/h9-12H,3-8,13-18H2,1-2H3. The third-order valence-electron chi connectivity index (χ3n) is 6.10. The highest BCUT2D eigenvalue weighted by Gasteiger charge is 2.24. The molecule has 0 spiro atoms. The van der Waals surface area contributed by atoms with Crippen molar-refractivity contribution in [3.05, 3.63) is 29.8 Å². The van der Waals surface area contributed by atoms with E-state index in [1.54, 1.807) is 0 Å². The fourth-order valence-electron chi connectivity index (χ4n) is 4.25. The molecule has 2 heterocycles. The van der Waals surface area contributed by atoms with E-state index in [4.69, 9.17) is 0 Å². The largest absolute Gasteiger partial charge is 0.342 e. The number of hydrogen-bond donors (Lipinski definition) is 0. The Morgan fingerprint density at radius 1 is 0.900 bits per heavy atom. The van der Waals surface area contributed by atoms with Crippen molar-refractivity contribution in [3.63, 3.8) is 0 Å². The molecular formula is C23H34N4O3. The highest BCUT2D eigenvalue weighted by atomic mass is 16.2. The van der Waals surface area contributed by atoms with Gasteiger partial charge < -0.3 is 14.7 Å². The second-order valence-electron chi connectivity index (χ2n) is 8.04. The molecule has 0 bridgehead atoms. The zero-order valence-electron chi connectivity index (χ0n) is 18.3. The predicted molar refractivity (Wildman–Crippen MR) is 118 cm³/mol. The Hall–Kier alpha value is -2.41. The molecule has 2 saturated heterocycles. The van der Waals surface area contributed by atoms with E-state index in [9.17, 15) is 14.4 Å². The summed E-state index contributed by atoms with van der Waals surface area (Å²) in [5.41, 5.74) is 1.52. The number of likely N-dealkylation sites (N-methyl/N-ethyl adjacent to an activating group) is 1. The van der Waals surface area contributed by atoms with Crippen LogP contribution in [0.1, 0.15) is 49.9 Å². The first kappa shape index (κ1) is 22.3. The third-order valence-corrected chi connectivity index (χ3v) is 6.10. The van der Waals surface area contributed by atoms with Gasteiger partial charge in [0.05, 0.1) is 6.54 Å². The number of anilines is 1. The Bertz CT molecular complexity index is 745. The highest BCUT2D eigenvalue weighted by Crippen LogP contribution is 2.22. The molecule has 30 heavy (non-hydrogen) atoms. The number of rotatable bonds is 6. The van der Waals surface area contributed by atoms with Gasteiger partial charge in [0.2, 0.25) is 11.8 Å². The fourth-order valence-corrected chi connectivity index (χ4v) is 4.25. The number of amides is 3. The van der Waals surface area contributed by atoms with E-state index in [1.165, 1.54) is 0 Å². The number of carbonyl (C=O) groups is 3. The summed E-state index contributed by atoms with van der Waals surface area (Å²) in [7, 11) is 0. The minimum Gasteiger partial charge on any atom is -0.342 e. The van der Waals surface area contributed by atoms with Gasteiger partial charge in [0.1, 0.15) is 0 Å². The van der Waals surface area contributed by atoms with Gasteiger partial charge in [-0.1, -0.05) is 0 Å². The molecule has 0 N–H and O–H groups in total. The van der Waals surface area contributed by atoms with E-state index < -0.39 is 0 Å². The minimum atomic E-state index is 0.0171. The van der Waals surface area contributed by atoms with Crippen LogP contribution in [0.4, 0.5) is 5.69 Å². The van der Waals surface area contributed by atoms with Crippen LogP contribution >= 0.6 is 0 Å². The quantitative estimate of drug-likeness (QED) is 0.716. The van der Waals surface area contributed by atoms with Gasteiger partial charge >= 0.3 is 0 Å². The van der Waals surface area contributed by atoms with Crippen LogP contribution in [0.25, 0.3) is 0 Å². The predicted octanol–water partition coefficient (Wildman–Crippen LogP) is 2.22. The molecule has 2 aliphatic rings. The summed E-state index contributed by atoms with van der Waals surface area (Å²) < 4.78 is 0. The number of nitrogens with zero attached hydrogens (tertiary/aromatic N) is 4. The van der Waals surface area contributed by atoms with E-state index in [-0.39, 0.29) is 17.7 Å². The maximum absolute atomic E-state index is 13.0. The number of carbonyl (C=O) groups excluding carboxylic acids is 3. The molecular weight excluding hydrogens is 380 g/mol. The topological polar surface area (TPSA) is 64.2 Å². The average molecular weight is 415 g/mol. The van der Waals surface area contributed by atoms with Crippen LogP contribution in [0.15, 0.2) is 24.3 Å². The summed E-state index contributed by atoms with van der Waals surface area (Å²) in [6.07, 6.45) is 3.44. The van der Waals surface area contributed by atoms with Gasteiger partial charge in [-0.3, -0.25) is 19.3 Å². The van der Waals surface area contributed by atoms with Gasteiger partial charge in [-0.15, -0.1) is 0 Å². The number of piperidine rings is 1. The van der Waals surface area contributed by atoms with E-state index in [0.29, 0.717) is 38.2 Å². The van der Waals surface area contributed by atoms with Gasteiger partial charge in [0.25, 0.3) is 5.91 Å². The van der Waals surface area contributed by atoms with Crippen LogP contribution in [0.5, 0.6) is 0 Å². The maximum atomic E-state index is 13.0. The van der Waals surface area contributed by atoms with Crippen molar-refractivity contribution in [2.45, 2.75) is 39.5 Å². The van der Waals surface area contributed by atoms with Gasteiger partial charge in [-0.2, -0.15) is 0 Å². The number of hydrogen-bond acceptors (Lipinski definition) is 4. The Balaban J connectivity index is 1.56. The monoisotopic (exact) mass is 414 g/mol. The second kappa shape index (κ2) is 10.6. The van der Waals surface area contributed by atoms with Crippen LogP contribution in [0.3, 0.4) is 0 Å². The molecule has 3 amide bonds. The fraction of sp³-hybridized carbons (Fsp3) is 0.609. The van der Waals surface area contributed by atoms with Gasteiger partial charge in [0.15, 0.2) is 0 Å². The SMILES string of the molecule is CCN(CC)C(=O)CN1CCCN(C(=O)c2ccc(N3CCCCC3=O)cc2)CC1. The molecule has 0 saturated carbocycles. The van der Waals surface area contributed by atoms with Crippen LogP contribution in [-0.4, -0.2) is 84.8 Å². The van der Waals surface area contributed by atoms with Crippen molar-refractivity contribution < 1.29 is 14.4 Å². The van der Waals surface area contributed by atoms with Crippen LogP contribution < -0.4 is 4.90 Å². The van der Waals surface area contributed by atoms with Crippen molar-refractivity contribution in [2.24, 2.45) is 0 Å². The lowest BCUT2D eigenvalue weighted by Gasteiger charge is -2.27. The summed E-state index contributed by atoms with van der Waals surface area (Å²) >= 11 is 0. The van der Waals surface area contributed by atoms with Crippen molar-refractivity contribution in [1.82, 2.24) is 14.7 Å². The first-order valence-electron chi connectivity index (χ1n) is 11.2. The molecule has 2 fully saturated rings. The molecule has 0 aliphatic carbocycles. The van der Waals surface area contributed by atoms with Crippen molar-refractivity contribution in [3.8, 4) is 0 Å². The Morgan fingerprint density at radius 2 is 1.63 bits per heavy atom. The molecule has 2 aliphatic heterocycles. The summed E-state index contributed by atoms with van der Waals surface area (Å²) in [6.45, 7) is 9.47. The van der Waals surface area contributed by atoms with Gasteiger partial charge in [-0.05, 0) is 57.4 Å². The highest BCUT2D eigenvalue weighted by molar-refractivity contribution is 5.97. The van der Waals surface area contributed by atoms with E-state index in [0.717, 1.165) is 51.1 Å². The summed E-state index contributed by atoms with van der Waals surface area (Å²) in [5, 5.41) is 0. The van der Waals surface area contributed by atoms with Crippen LogP contribution in [0.2, 0.25) is 0 Å². The zero-order valence-corrected chi connectivity index (χ0v) is 18.3. The lowest BCUT2D eigenvalue weighted by atomic mass is 10.1. The first-order valence-corrected chi connectivity index (χ1v) is 11.2. The summed E-state index contributed by atoms with van der Waals surface area (Å²) in [6, 6.07) is 7.41. The van der Waals surface area contributed by atoms with E-state index in [1.807, 2.05) is 52.8 Å². The molecule has 7 nitrogen and oxygen atoms in total. The molecule has 0 radical (unpaired) electrons. The van der Waals surface area contributed by atoms with Crippen LogP contribution in [-0.2, 0) is 9.59 Å². The average Bonchev–Trinajstić information content (AvgIpc) is 3.00. The Kier molecular flexibility index (Phi) is 7.85. The van der Waals surface area contributed by atoms with Crippen molar-refractivity contribution >= 4 is 23.4 Å². The summed E-state index contributed by atoms with van der Waals surface area (Å²) in [4.78, 5) is 45.2. The Morgan fingerprint density at radius 3 is 2.30 bits per heavy atom. The molecule has 0 aromatic heterocycles. The lowest BCUT2D eigenvalue weighted by Crippen LogP contribution is -2.42. The first-order chi connectivity index (χ1) is 14.5. The smallest absolute Gasteiger partial charge is 0.253 e. The molecule has 1 aromatic rings. The lowest BCUT2D eigenvalue weighted by molar-refractivity contribution is -0.132. The maximum Gasteiger partial charge on any atom is 0.253 e. The Labute approximate surface area is 179 Å². The van der Waals surface area contributed by atoms with Crippen LogP contribution in [0, 0.1) is 0 Å². The zero-order chi connectivity index (χ0) is 21.5. The van der Waals surface area contributed by atoms with E-state index in [2.05, 4.69) is 4.90 Å². The normalized spacial score (nSPS) is 18.3. The van der Waals surface area contributed by atoms with Crippen molar-refractivity contribution in [1.29, 1.82) is 0 Å². The third kappa shape index (κ3) is 5.39. The molecule has 164 valence electrons. The molecule has 0 atom stereocenters. The molecule has 7 heteroatoms. The summed E-state index contributed by atoms with van der Waals surface area (Å²) in [5.74, 6) is 0.332. The van der Waals surface area contributed by atoms with Gasteiger partial charge in [-0.25, -0.2) is 0 Å². The van der Waals surface area contributed by atoms with Crippen molar-refractivity contribution in [2.75, 3.05) is 57.3 Å². The molecule has 0 unspecified atom stereocenters. The molecule has 3 rings (SSSR count). The molecule has 1 aromatic carbocycles. The van der Waals surface area contributed by atoms with E-state index >= 15 is 0 Å². The second-order valence-corrected chi connectivity index (χ2v) is 8.04. The van der Waals surface area contributed by atoms with Gasteiger partial charge in [0, 0.05) is 63.5 Å².